The first-order valence-electron chi connectivity index (χ1n) is 7.39. The Labute approximate surface area is 129 Å². The highest BCUT2D eigenvalue weighted by atomic mass is 32.2. The van der Waals surface area contributed by atoms with Crippen molar-refractivity contribution in [1.29, 1.82) is 0 Å². The number of carbonyl (C=O) groups is 1. The van der Waals surface area contributed by atoms with Gasteiger partial charge in [0.15, 0.2) is 0 Å². The van der Waals surface area contributed by atoms with Crippen LogP contribution in [0.4, 0.5) is 0 Å². The fraction of sp³-hybridized carbons (Fsp3) is 0.500. The lowest BCUT2D eigenvalue weighted by Gasteiger charge is -2.10. The highest BCUT2D eigenvalue weighted by Crippen LogP contribution is 2.22. The van der Waals surface area contributed by atoms with Crippen LogP contribution in [0.3, 0.4) is 0 Å². The van der Waals surface area contributed by atoms with E-state index in [9.17, 15) is 9.90 Å². The second-order valence-corrected chi connectivity index (χ2v) is 6.09. The summed E-state index contributed by atoms with van der Waals surface area (Å²) in [4.78, 5) is 16.1. The van der Waals surface area contributed by atoms with Crippen molar-refractivity contribution in [1.82, 2.24) is 9.55 Å². The number of para-hydroxylation sites is 1. The fourth-order valence-corrected chi connectivity index (χ4v) is 3.07. The lowest BCUT2D eigenvalue weighted by atomic mass is 10.2. The van der Waals surface area contributed by atoms with Gasteiger partial charge in [-0.3, -0.25) is 0 Å². The number of benzene rings is 1. The second kappa shape index (κ2) is 7.50. The molecule has 0 saturated carbocycles. The van der Waals surface area contributed by atoms with E-state index in [2.05, 4.69) is 22.7 Å². The van der Waals surface area contributed by atoms with Gasteiger partial charge in [-0.25, -0.2) is 9.78 Å². The van der Waals surface area contributed by atoms with Crippen LogP contribution in [0.2, 0.25) is 0 Å². The molecular weight excluding hydrogens is 284 g/mol. The molecule has 0 atom stereocenters. The van der Waals surface area contributed by atoms with Gasteiger partial charge in [0.1, 0.15) is 5.82 Å². The quantitative estimate of drug-likeness (QED) is 0.753. The number of aryl methyl sites for hydroxylation is 2. The number of carboxylic acids is 1. The van der Waals surface area contributed by atoms with Crippen LogP contribution < -0.4 is 0 Å². The van der Waals surface area contributed by atoms with E-state index in [1.54, 1.807) is 12.1 Å². The smallest absolute Gasteiger partial charge is 0.337 e. The highest BCUT2D eigenvalue weighted by molar-refractivity contribution is 7.98. The van der Waals surface area contributed by atoms with Crippen LogP contribution in [-0.2, 0) is 13.0 Å². The average Bonchev–Trinajstić information content (AvgIpc) is 2.81. The molecule has 0 unspecified atom stereocenters. The van der Waals surface area contributed by atoms with Gasteiger partial charge in [0.2, 0.25) is 0 Å². The minimum Gasteiger partial charge on any atom is -0.478 e. The van der Waals surface area contributed by atoms with Crippen LogP contribution in [0.15, 0.2) is 18.2 Å². The van der Waals surface area contributed by atoms with Crippen molar-refractivity contribution in [2.24, 2.45) is 0 Å². The Morgan fingerprint density at radius 1 is 1.38 bits per heavy atom. The van der Waals surface area contributed by atoms with E-state index < -0.39 is 5.97 Å². The molecule has 0 bridgehead atoms. The molecule has 2 aromatic rings. The summed E-state index contributed by atoms with van der Waals surface area (Å²) in [7, 11) is 0. The number of nitrogens with zero attached hydrogens (tertiary/aromatic N) is 2. The third-order valence-corrected chi connectivity index (χ3v) is 4.23. The number of aromatic nitrogens is 2. The minimum atomic E-state index is -0.881. The molecule has 0 amide bonds. The van der Waals surface area contributed by atoms with Crippen LogP contribution in [0, 0.1) is 0 Å². The summed E-state index contributed by atoms with van der Waals surface area (Å²) in [6, 6.07) is 5.34. The van der Waals surface area contributed by atoms with Crippen LogP contribution in [-0.4, -0.2) is 32.6 Å². The Morgan fingerprint density at radius 3 is 2.86 bits per heavy atom. The highest BCUT2D eigenvalue weighted by Gasteiger charge is 2.16. The molecule has 1 aromatic carbocycles. The van der Waals surface area contributed by atoms with Crippen molar-refractivity contribution < 1.29 is 9.90 Å². The van der Waals surface area contributed by atoms with E-state index in [-0.39, 0.29) is 0 Å². The van der Waals surface area contributed by atoms with Crippen molar-refractivity contribution >= 4 is 28.8 Å². The monoisotopic (exact) mass is 306 g/mol. The topological polar surface area (TPSA) is 55.1 Å². The number of hydrogen-bond acceptors (Lipinski definition) is 3. The molecule has 1 N–H and O–H groups in total. The van der Waals surface area contributed by atoms with Crippen molar-refractivity contribution in [3.8, 4) is 0 Å². The Bertz CT molecular complexity index is 622. The largest absolute Gasteiger partial charge is 0.478 e. The maximum absolute atomic E-state index is 11.5. The second-order valence-electron chi connectivity index (χ2n) is 5.11. The minimum absolute atomic E-state index is 0.354. The van der Waals surface area contributed by atoms with Crippen molar-refractivity contribution in [3.05, 3.63) is 29.6 Å². The number of unbranched alkanes of at least 4 members (excludes halogenated alkanes) is 1. The molecule has 1 heterocycles. The number of rotatable bonds is 8. The van der Waals surface area contributed by atoms with Gasteiger partial charge in [-0.1, -0.05) is 13.0 Å². The van der Waals surface area contributed by atoms with Crippen LogP contribution in [0.5, 0.6) is 0 Å². The zero-order valence-corrected chi connectivity index (χ0v) is 13.4. The van der Waals surface area contributed by atoms with Crippen LogP contribution in [0.1, 0.15) is 42.4 Å². The van der Waals surface area contributed by atoms with E-state index in [0.29, 0.717) is 5.56 Å². The van der Waals surface area contributed by atoms with Gasteiger partial charge >= 0.3 is 5.97 Å². The van der Waals surface area contributed by atoms with E-state index in [0.717, 1.165) is 54.8 Å². The van der Waals surface area contributed by atoms with Crippen molar-refractivity contribution in [2.75, 3.05) is 12.0 Å². The Kier molecular flexibility index (Phi) is 5.67. The number of imidazole rings is 1. The standard InChI is InChI=1S/C16H22N2O2S/c1-3-7-14-17-13-9-6-8-12(16(19)20)15(13)18(14)10-4-5-11-21-2/h6,8-9H,3-5,7,10-11H2,1-2H3,(H,19,20). The first kappa shape index (κ1) is 15.9. The lowest BCUT2D eigenvalue weighted by molar-refractivity contribution is 0.0698. The third kappa shape index (κ3) is 3.59. The molecule has 0 radical (unpaired) electrons. The first-order chi connectivity index (χ1) is 10.2. The Hall–Kier alpha value is -1.49. The molecule has 0 spiro atoms. The van der Waals surface area contributed by atoms with Crippen LogP contribution >= 0.6 is 11.8 Å². The first-order valence-corrected chi connectivity index (χ1v) is 8.78. The molecule has 1 aromatic heterocycles. The molecule has 0 saturated heterocycles. The van der Waals surface area contributed by atoms with Gasteiger partial charge in [0.25, 0.3) is 0 Å². The molecule has 5 heteroatoms. The van der Waals surface area contributed by atoms with Gasteiger partial charge in [-0.2, -0.15) is 11.8 Å². The van der Waals surface area contributed by atoms with Crippen LogP contribution in [0.25, 0.3) is 11.0 Å². The van der Waals surface area contributed by atoms with E-state index in [4.69, 9.17) is 0 Å². The van der Waals surface area contributed by atoms with Gasteiger partial charge in [-0.05, 0) is 43.4 Å². The predicted octanol–water partition coefficient (Wildman–Crippen LogP) is 3.83. The van der Waals surface area contributed by atoms with Crippen molar-refractivity contribution in [2.45, 2.75) is 39.2 Å². The third-order valence-electron chi connectivity index (χ3n) is 3.53. The molecule has 0 fully saturated rings. The maximum atomic E-state index is 11.5. The number of fused-ring (bicyclic) bond motifs is 1. The Balaban J connectivity index is 2.41. The summed E-state index contributed by atoms with van der Waals surface area (Å²) in [5, 5.41) is 9.41. The molecule has 0 aliphatic rings. The molecule has 2 rings (SSSR count). The zero-order chi connectivity index (χ0) is 15.2. The molecule has 0 aliphatic heterocycles. The van der Waals surface area contributed by atoms with E-state index >= 15 is 0 Å². The molecule has 0 aliphatic carbocycles. The van der Waals surface area contributed by atoms with Gasteiger partial charge in [-0.15, -0.1) is 0 Å². The maximum Gasteiger partial charge on any atom is 0.337 e. The summed E-state index contributed by atoms with van der Waals surface area (Å²) in [5.41, 5.74) is 1.92. The Morgan fingerprint density at radius 2 is 2.19 bits per heavy atom. The predicted molar refractivity (Wildman–Crippen MR) is 88.3 cm³/mol. The zero-order valence-electron chi connectivity index (χ0n) is 12.6. The lowest BCUT2D eigenvalue weighted by Crippen LogP contribution is -2.07. The number of aromatic carboxylic acids is 1. The summed E-state index contributed by atoms with van der Waals surface area (Å²) < 4.78 is 2.11. The van der Waals surface area contributed by atoms with Gasteiger partial charge in [0.05, 0.1) is 16.6 Å². The molecule has 4 nitrogen and oxygen atoms in total. The number of thioether (sulfide) groups is 1. The number of hydrogen-bond donors (Lipinski definition) is 1. The van der Waals surface area contributed by atoms with Crippen molar-refractivity contribution in [3.63, 3.8) is 0 Å². The van der Waals surface area contributed by atoms with Gasteiger partial charge < -0.3 is 9.67 Å². The summed E-state index contributed by atoms with van der Waals surface area (Å²) in [6.45, 7) is 2.96. The SMILES string of the molecule is CCCc1nc2cccc(C(=O)O)c2n1CCCCSC. The van der Waals surface area contributed by atoms with Gasteiger partial charge in [0, 0.05) is 13.0 Å². The molecule has 21 heavy (non-hydrogen) atoms. The number of carboxylic acid groups (broad SMARTS) is 1. The molecular formula is C16H22N2O2S. The molecule has 114 valence electrons. The summed E-state index contributed by atoms with van der Waals surface area (Å²) >= 11 is 1.85. The average molecular weight is 306 g/mol. The van der Waals surface area contributed by atoms with E-state index in [1.807, 2.05) is 17.8 Å². The summed E-state index contributed by atoms with van der Waals surface area (Å²) in [5.74, 6) is 1.26. The normalized spacial score (nSPS) is 11.1. The van der Waals surface area contributed by atoms with E-state index in [1.165, 1.54) is 0 Å². The summed E-state index contributed by atoms with van der Waals surface area (Å²) in [6.07, 6.45) is 6.20. The fourth-order valence-electron chi connectivity index (χ4n) is 2.58.